The van der Waals surface area contributed by atoms with Crippen LogP contribution in [0.25, 0.3) is 5.76 Å². The van der Waals surface area contributed by atoms with Gasteiger partial charge in [-0.15, -0.1) is 0 Å². The summed E-state index contributed by atoms with van der Waals surface area (Å²) in [5.74, 6) is -0.968. The van der Waals surface area contributed by atoms with Gasteiger partial charge < -0.3 is 9.63 Å². The molecular weight excluding hydrogens is 368 g/mol. The van der Waals surface area contributed by atoms with Crippen LogP contribution in [-0.2, 0) is 9.59 Å². The van der Waals surface area contributed by atoms with Crippen LogP contribution in [0.1, 0.15) is 34.1 Å². The van der Waals surface area contributed by atoms with Crippen LogP contribution in [0.5, 0.6) is 0 Å². The predicted octanol–water partition coefficient (Wildman–Crippen LogP) is 4.23. The number of nitrogens with zero attached hydrogens (tertiary/aromatic N) is 2. The van der Waals surface area contributed by atoms with Gasteiger partial charge >= 0.3 is 5.91 Å². The highest BCUT2D eigenvalue weighted by Gasteiger charge is 2.48. The zero-order valence-electron chi connectivity index (χ0n) is 16.3. The summed E-state index contributed by atoms with van der Waals surface area (Å²) in [7, 11) is 0. The summed E-state index contributed by atoms with van der Waals surface area (Å²) < 4.78 is 5.12. The van der Waals surface area contributed by atoms with Gasteiger partial charge in [0.2, 0.25) is 0 Å². The molecule has 29 heavy (non-hydrogen) atoms. The fourth-order valence-corrected chi connectivity index (χ4v) is 3.47. The first-order valence-corrected chi connectivity index (χ1v) is 9.25. The molecule has 1 fully saturated rings. The van der Waals surface area contributed by atoms with E-state index in [1.807, 2.05) is 50.2 Å². The van der Waals surface area contributed by atoms with Gasteiger partial charge in [-0.3, -0.25) is 14.5 Å². The van der Waals surface area contributed by atoms with Crippen LogP contribution >= 0.6 is 0 Å². The maximum absolute atomic E-state index is 13.0. The van der Waals surface area contributed by atoms with E-state index < -0.39 is 17.7 Å². The zero-order chi connectivity index (χ0) is 20.7. The lowest BCUT2D eigenvalue weighted by atomic mass is 9.94. The van der Waals surface area contributed by atoms with Crippen molar-refractivity contribution in [3.05, 3.63) is 88.2 Å². The fraction of sp³-hybridized carbons (Fsp3) is 0.174. The number of anilines is 1. The van der Waals surface area contributed by atoms with E-state index in [1.54, 1.807) is 25.1 Å². The molecule has 6 heteroatoms. The number of aromatic nitrogens is 1. The average molecular weight is 388 g/mol. The molecule has 1 aliphatic heterocycles. The SMILES string of the molecule is Cc1ccc(/C(O)=C2\C(=O)C(=O)N(c3cc(C)on3)C2c2ccc(C)cc2)cc1. The second-order valence-corrected chi connectivity index (χ2v) is 7.24. The van der Waals surface area contributed by atoms with Crippen molar-refractivity contribution >= 4 is 23.3 Å². The Kier molecular flexibility index (Phi) is 4.54. The van der Waals surface area contributed by atoms with E-state index >= 15 is 0 Å². The molecule has 2 heterocycles. The molecule has 1 amide bonds. The first-order valence-electron chi connectivity index (χ1n) is 9.25. The largest absolute Gasteiger partial charge is 0.507 e. The van der Waals surface area contributed by atoms with Crippen LogP contribution in [0, 0.1) is 20.8 Å². The van der Waals surface area contributed by atoms with E-state index in [9.17, 15) is 14.7 Å². The fourth-order valence-electron chi connectivity index (χ4n) is 3.47. The molecule has 0 radical (unpaired) electrons. The average Bonchev–Trinajstić information content (AvgIpc) is 3.24. The van der Waals surface area contributed by atoms with Crippen molar-refractivity contribution in [3.63, 3.8) is 0 Å². The van der Waals surface area contributed by atoms with Crippen LogP contribution in [0.4, 0.5) is 5.82 Å². The minimum atomic E-state index is -0.804. The van der Waals surface area contributed by atoms with E-state index in [1.165, 1.54) is 4.90 Å². The predicted molar refractivity (Wildman–Crippen MR) is 108 cm³/mol. The molecule has 4 rings (SSSR count). The van der Waals surface area contributed by atoms with Crippen molar-refractivity contribution in [2.45, 2.75) is 26.8 Å². The number of amides is 1. The monoisotopic (exact) mass is 388 g/mol. The lowest BCUT2D eigenvalue weighted by molar-refractivity contribution is -0.132. The van der Waals surface area contributed by atoms with Crippen LogP contribution < -0.4 is 4.90 Å². The number of aliphatic hydroxyl groups excluding tert-OH is 1. The minimum absolute atomic E-state index is 0.0309. The molecule has 0 spiro atoms. The molecule has 0 aliphatic carbocycles. The van der Waals surface area contributed by atoms with Crippen molar-refractivity contribution in [1.82, 2.24) is 5.16 Å². The lowest BCUT2D eigenvalue weighted by Gasteiger charge is -2.23. The maximum Gasteiger partial charge on any atom is 0.301 e. The van der Waals surface area contributed by atoms with Crippen molar-refractivity contribution in [1.29, 1.82) is 0 Å². The number of aliphatic hydroxyl groups is 1. The molecule has 2 aromatic carbocycles. The minimum Gasteiger partial charge on any atom is -0.507 e. The summed E-state index contributed by atoms with van der Waals surface area (Å²) in [6, 6.07) is 15.4. The first-order chi connectivity index (χ1) is 13.9. The Labute approximate surface area is 168 Å². The number of carbonyl (C=O) groups is 2. The van der Waals surface area contributed by atoms with Gasteiger partial charge in [-0.05, 0) is 26.3 Å². The Morgan fingerprint density at radius 3 is 2.10 bits per heavy atom. The molecule has 3 aromatic rings. The summed E-state index contributed by atoms with van der Waals surface area (Å²) in [4.78, 5) is 27.2. The van der Waals surface area contributed by atoms with E-state index in [2.05, 4.69) is 5.16 Å². The molecule has 1 atom stereocenters. The van der Waals surface area contributed by atoms with Gasteiger partial charge in [-0.2, -0.15) is 0 Å². The van der Waals surface area contributed by atoms with Crippen molar-refractivity contribution in [3.8, 4) is 0 Å². The number of Topliss-reactive ketones (excluding diaryl/α,β-unsaturated/α-hetero) is 1. The van der Waals surface area contributed by atoms with E-state index in [4.69, 9.17) is 4.52 Å². The third kappa shape index (κ3) is 3.23. The highest BCUT2D eigenvalue weighted by molar-refractivity contribution is 6.51. The maximum atomic E-state index is 13.0. The van der Waals surface area contributed by atoms with Gasteiger partial charge in [0, 0.05) is 11.6 Å². The van der Waals surface area contributed by atoms with E-state index in [0.717, 1.165) is 11.1 Å². The third-order valence-corrected chi connectivity index (χ3v) is 5.02. The third-order valence-electron chi connectivity index (χ3n) is 5.02. The number of carbonyl (C=O) groups excluding carboxylic acids is 2. The number of rotatable bonds is 3. The number of aryl methyl sites for hydroxylation is 3. The van der Waals surface area contributed by atoms with Gasteiger partial charge in [-0.25, -0.2) is 0 Å². The highest BCUT2D eigenvalue weighted by Crippen LogP contribution is 2.41. The molecular formula is C23H20N2O4. The van der Waals surface area contributed by atoms with Gasteiger partial charge in [0.25, 0.3) is 5.78 Å². The second kappa shape index (κ2) is 7.05. The van der Waals surface area contributed by atoms with Crippen LogP contribution in [0.2, 0.25) is 0 Å². The summed E-state index contributed by atoms with van der Waals surface area (Å²) in [6.07, 6.45) is 0. The van der Waals surface area contributed by atoms with Crippen LogP contribution in [0.3, 0.4) is 0 Å². The smallest absolute Gasteiger partial charge is 0.301 e. The van der Waals surface area contributed by atoms with Gasteiger partial charge in [0.1, 0.15) is 11.5 Å². The molecule has 6 nitrogen and oxygen atoms in total. The van der Waals surface area contributed by atoms with Crippen molar-refractivity contribution < 1.29 is 19.2 Å². The van der Waals surface area contributed by atoms with E-state index in [-0.39, 0.29) is 17.2 Å². The first kappa shape index (κ1) is 18.7. The van der Waals surface area contributed by atoms with E-state index in [0.29, 0.717) is 16.9 Å². The summed E-state index contributed by atoms with van der Waals surface area (Å²) in [5.41, 5.74) is 3.27. The lowest BCUT2D eigenvalue weighted by Crippen LogP contribution is -2.29. The Morgan fingerprint density at radius 2 is 1.55 bits per heavy atom. The van der Waals surface area contributed by atoms with Gasteiger partial charge in [0.05, 0.1) is 11.6 Å². The molecule has 0 bridgehead atoms. The van der Waals surface area contributed by atoms with Crippen molar-refractivity contribution in [2.24, 2.45) is 0 Å². The Morgan fingerprint density at radius 1 is 0.966 bits per heavy atom. The van der Waals surface area contributed by atoms with Crippen LogP contribution in [-0.4, -0.2) is 22.0 Å². The molecule has 1 N–H and O–H groups in total. The van der Waals surface area contributed by atoms with Crippen molar-refractivity contribution in [2.75, 3.05) is 4.90 Å². The molecule has 1 aliphatic rings. The highest BCUT2D eigenvalue weighted by atomic mass is 16.5. The summed E-state index contributed by atoms with van der Waals surface area (Å²) in [5, 5.41) is 14.9. The summed E-state index contributed by atoms with van der Waals surface area (Å²) >= 11 is 0. The Balaban J connectivity index is 1.93. The Hall–Kier alpha value is -3.67. The van der Waals surface area contributed by atoms with Gasteiger partial charge in [-0.1, -0.05) is 64.8 Å². The number of ketones is 1. The Bertz CT molecular complexity index is 1120. The normalized spacial score (nSPS) is 18.4. The standard InChI is InChI=1S/C23H20N2O4/c1-13-4-8-16(9-5-13)20-19(21(26)17-10-6-14(2)7-11-17)22(27)23(28)25(20)18-12-15(3)29-24-18/h4-12,20,26H,1-3H3/b21-19+. The molecule has 146 valence electrons. The number of hydrogen-bond donors (Lipinski definition) is 1. The quantitative estimate of drug-likeness (QED) is 0.412. The van der Waals surface area contributed by atoms with Crippen LogP contribution in [0.15, 0.2) is 64.7 Å². The number of benzene rings is 2. The zero-order valence-corrected chi connectivity index (χ0v) is 16.3. The molecule has 1 saturated heterocycles. The second-order valence-electron chi connectivity index (χ2n) is 7.24. The number of hydrogen-bond acceptors (Lipinski definition) is 5. The molecule has 0 saturated carbocycles. The molecule has 1 unspecified atom stereocenters. The summed E-state index contributed by atoms with van der Waals surface area (Å²) in [6.45, 7) is 5.59. The topological polar surface area (TPSA) is 83.6 Å². The van der Waals surface area contributed by atoms with Gasteiger partial charge in [0.15, 0.2) is 5.82 Å². The molecule has 1 aromatic heterocycles.